The number of pyridine rings is 1. The number of ether oxygens (including phenoxy) is 1. The van der Waals surface area contributed by atoms with Gasteiger partial charge in [0.1, 0.15) is 11.9 Å². The molecular formula is C33H36ClN7O2. The molecule has 10 heteroatoms. The Labute approximate surface area is 256 Å². The molecule has 0 saturated heterocycles. The van der Waals surface area contributed by atoms with Gasteiger partial charge >= 0.3 is 0 Å². The van der Waals surface area contributed by atoms with Crippen molar-refractivity contribution in [2.45, 2.75) is 58.9 Å². The zero-order chi connectivity index (χ0) is 30.3. The van der Waals surface area contributed by atoms with Crippen LogP contribution in [0.5, 0.6) is 0 Å². The Hall–Kier alpha value is -4.18. The standard InChI is InChI=1S/C33H36ClN7O2/c1-5-8-13-29-36-32(34)30(31(42)28-19-16-23(6-2)20-35-28)40(29)21-24-14-17-25(18-15-24)26-11-9-10-12-27(26)33-37-38-39-41(33)22(4)43-7-3/h6,9-12,14-20,22,31,42H,2,5,7-8,13,21H2,1,3-4H3. The molecule has 2 atom stereocenters. The number of benzene rings is 2. The van der Waals surface area contributed by atoms with Crippen molar-refractivity contribution in [2.75, 3.05) is 6.61 Å². The van der Waals surface area contributed by atoms with Crippen LogP contribution in [0.3, 0.4) is 0 Å². The van der Waals surface area contributed by atoms with Gasteiger partial charge in [0, 0.05) is 31.3 Å². The number of aryl methyl sites for hydroxylation is 1. The van der Waals surface area contributed by atoms with Crippen molar-refractivity contribution in [1.82, 2.24) is 34.7 Å². The largest absolute Gasteiger partial charge is 0.380 e. The van der Waals surface area contributed by atoms with E-state index in [9.17, 15) is 5.11 Å². The van der Waals surface area contributed by atoms with Gasteiger partial charge in [0.15, 0.2) is 17.2 Å². The number of hydrogen-bond donors (Lipinski definition) is 1. The van der Waals surface area contributed by atoms with Gasteiger partial charge in [0.05, 0.1) is 11.4 Å². The summed E-state index contributed by atoms with van der Waals surface area (Å²) in [6.07, 6.45) is 4.82. The monoisotopic (exact) mass is 597 g/mol. The molecule has 0 amide bonds. The van der Waals surface area contributed by atoms with E-state index in [-0.39, 0.29) is 11.4 Å². The number of halogens is 1. The Morgan fingerprint density at radius 3 is 2.49 bits per heavy atom. The first kappa shape index (κ1) is 30.3. The highest BCUT2D eigenvalue weighted by Crippen LogP contribution is 2.33. The summed E-state index contributed by atoms with van der Waals surface area (Å²) in [6.45, 7) is 10.9. The highest BCUT2D eigenvalue weighted by atomic mass is 35.5. The summed E-state index contributed by atoms with van der Waals surface area (Å²) in [5.74, 6) is 1.48. The van der Waals surface area contributed by atoms with Crippen molar-refractivity contribution in [1.29, 1.82) is 0 Å². The SMILES string of the molecule is C=Cc1ccc(C(O)c2c(Cl)nc(CCCC)n2Cc2ccc(-c3ccccc3-c3nnnn3C(C)OCC)cc2)nc1. The van der Waals surface area contributed by atoms with Gasteiger partial charge in [0.25, 0.3) is 0 Å². The van der Waals surface area contributed by atoms with Crippen LogP contribution in [-0.4, -0.2) is 46.5 Å². The smallest absolute Gasteiger partial charge is 0.185 e. The third-order valence-corrected chi connectivity index (χ3v) is 7.68. The lowest BCUT2D eigenvalue weighted by Gasteiger charge is -2.17. The molecule has 0 aliphatic carbocycles. The van der Waals surface area contributed by atoms with Gasteiger partial charge in [0.2, 0.25) is 0 Å². The van der Waals surface area contributed by atoms with Gasteiger partial charge in [-0.25, -0.2) is 4.98 Å². The van der Waals surface area contributed by atoms with Gasteiger partial charge in [-0.15, -0.1) is 5.10 Å². The molecule has 0 spiro atoms. The van der Waals surface area contributed by atoms with Crippen LogP contribution in [0.15, 0.2) is 73.4 Å². The van der Waals surface area contributed by atoms with Crippen LogP contribution < -0.4 is 0 Å². The molecule has 3 heterocycles. The van der Waals surface area contributed by atoms with Gasteiger partial charge in [-0.1, -0.05) is 92.2 Å². The Morgan fingerprint density at radius 2 is 1.81 bits per heavy atom. The maximum Gasteiger partial charge on any atom is 0.185 e. The highest BCUT2D eigenvalue weighted by Gasteiger charge is 2.25. The Morgan fingerprint density at radius 1 is 1.05 bits per heavy atom. The zero-order valence-corrected chi connectivity index (χ0v) is 25.4. The predicted molar refractivity (Wildman–Crippen MR) is 168 cm³/mol. The fraction of sp³-hybridized carbons (Fsp3) is 0.303. The van der Waals surface area contributed by atoms with Crippen LogP contribution in [0.25, 0.3) is 28.6 Å². The minimum atomic E-state index is -1.02. The van der Waals surface area contributed by atoms with Crippen LogP contribution in [0.2, 0.25) is 5.15 Å². The average molecular weight is 598 g/mol. The van der Waals surface area contributed by atoms with E-state index in [4.69, 9.17) is 16.3 Å². The van der Waals surface area contributed by atoms with Gasteiger partial charge in [-0.2, -0.15) is 4.68 Å². The lowest BCUT2D eigenvalue weighted by Crippen LogP contribution is -2.14. The third kappa shape index (κ3) is 6.59. The number of rotatable bonds is 13. The first-order chi connectivity index (χ1) is 20.9. The second-order valence-electron chi connectivity index (χ2n) is 10.3. The van der Waals surface area contributed by atoms with E-state index in [1.807, 2.05) is 42.7 Å². The molecular weight excluding hydrogens is 562 g/mol. The molecule has 5 aromatic rings. The topological polar surface area (TPSA) is 104 Å². The zero-order valence-electron chi connectivity index (χ0n) is 24.7. The van der Waals surface area contributed by atoms with E-state index in [0.29, 0.717) is 30.4 Å². The van der Waals surface area contributed by atoms with Crippen LogP contribution in [0.1, 0.15) is 74.3 Å². The van der Waals surface area contributed by atoms with E-state index >= 15 is 0 Å². The second kappa shape index (κ2) is 13.9. The molecule has 222 valence electrons. The quantitative estimate of drug-likeness (QED) is 0.157. The van der Waals surface area contributed by atoms with Gasteiger partial charge in [-0.3, -0.25) is 4.98 Å². The molecule has 43 heavy (non-hydrogen) atoms. The molecule has 3 aromatic heterocycles. The van der Waals surface area contributed by atoms with Crippen molar-refractivity contribution in [2.24, 2.45) is 0 Å². The highest BCUT2D eigenvalue weighted by molar-refractivity contribution is 6.30. The van der Waals surface area contributed by atoms with Crippen molar-refractivity contribution >= 4 is 17.7 Å². The van der Waals surface area contributed by atoms with Crippen molar-refractivity contribution < 1.29 is 9.84 Å². The molecule has 0 aliphatic rings. The van der Waals surface area contributed by atoms with Crippen LogP contribution >= 0.6 is 11.6 Å². The summed E-state index contributed by atoms with van der Waals surface area (Å²) in [5.41, 5.74) is 5.91. The number of tetrazole rings is 1. The maximum absolute atomic E-state index is 11.4. The molecule has 1 N–H and O–H groups in total. The maximum atomic E-state index is 11.4. The van der Waals surface area contributed by atoms with E-state index in [1.165, 1.54) is 0 Å². The summed E-state index contributed by atoms with van der Waals surface area (Å²) in [7, 11) is 0. The first-order valence-electron chi connectivity index (χ1n) is 14.5. The molecule has 2 aromatic carbocycles. The van der Waals surface area contributed by atoms with Crippen molar-refractivity contribution in [3.05, 3.63) is 107 Å². The summed E-state index contributed by atoms with van der Waals surface area (Å²) < 4.78 is 9.47. The number of hydrogen-bond acceptors (Lipinski definition) is 7. The van der Waals surface area contributed by atoms with E-state index < -0.39 is 6.10 Å². The lowest BCUT2D eigenvalue weighted by molar-refractivity contribution is 0.0159. The van der Waals surface area contributed by atoms with E-state index in [1.54, 1.807) is 23.0 Å². The van der Waals surface area contributed by atoms with Crippen molar-refractivity contribution in [3.63, 3.8) is 0 Å². The average Bonchev–Trinajstić information content (AvgIpc) is 3.65. The van der Waals surface area contributed by atoms with E-state index in [2.05, 4.69) is 69.3 Å². The first-order valence-corrected chi connectivity index (χ1v) is 14.9. The lowest BCUT2D eigenvalue weighted by atomic mass is 9.98. The second-order valence-corrected chi connectivity index (χ2v) is 10.6. The van der Waals surface area contributed by atoms with Gasteiger partial charge in [-0.05, 0) is 59.0 Å². The number of imidazole rings is 1. The fourth-order valence-electron chi connectivity index (χ4n) is 5.11. The normalized spacial score (nSPS) is 12.8. The predicted octanol–water partition coefficient (Wildman–Crippen LogP) is 6.92. The van der Waals surface area contributed by atoms with Crippen LogP contribution in [0.4, 0.5) is 0 Å². The minimum Gasteiger partial charge on any atom is -0.380 e. The number of aliphatic hydroxyl groups is 1. The molecule has 0 fully saturated rings. The summed E-state index contributed by atoms with van der Waals surface area (Å²) in [6, 6.07) is 20.1. The third-order valence-electron chi connectivity index (χ3n) is 7.40. The van der Waals surface area contributed by atoms with E-state index in [0.717, 1.165) is 52.9 Å². The van der Waals surface area contributed by atoms with Gasteiger partial charge < -0.3 is 14.4 Å². The summed E-state index contributed by atoms with van der Waals surface area (Å²) >= 11 is 6.66. The Balaban J connectivity index is 1.47. The molecule has 0 saturated carbocycles. The minimum absolute atomic E-state index is 0.290. The number of unbranched alkanes of at least 4 members (excludes halogenated alkanes) is 1. The Bertz CT molecular complexity index is 1660. The summed E-state index contributed by atoms with van der Waals surface area (Å²) in [5, 5.41) is 24.1. The molecule has 2 unspecified atom stereocenters. The number of nitrogens with zero attached hydrogens (tertiary/aromatic N) is 7. The van der Waals surface area contributed by atoms with Crippen molar-refractivity contribution in [3.8, 4) is 22.5 Å². The number of aromatic nitrogens is 7. The molecule has 0 aliphatic heterocycles. The molecule has 0 bridgehead atoms. The molecule has 0 radical (unpaired) electrons. The van der Waals surface area contributed by atoms with Crippen LogP contribution in [-0.2, 0) is 17.7 Å². The molecule has 9 nitrogen and oxygen atoms in total. The van der Waals surface area contributed by atoms with Crippen LogP contribution in [0, 0.1) is 0 Å². The summed E-state index contributed by atoms with van der Waals surface area (Å²) in [4.78, 5) is 9.10. The fourth-order valence-corrected chi connectivity index (χ4v) is 5.42. The Kier molecular flexibility index (Phi) is 9.76. The molecule has 5 rings (SSSR count). The number of aliphatic hydroxyl groups excluding tert-OH is 1.